The highest BCUT2D eigenvalue weighted by molar-refractivity contribution is 5.97. The maximum atomic E-state index is 13.5. The molecule has 0 bridgehead atoms. The van der Waals surface area contributed by atoms with Crippen LogP contribution in [0.25, 0.3) is 22.5 Å². The fraction of sp³-hybridized carbons (Fsp3) is 0.333. The summed E-state index contributed by atoms with van der Waals surface area (Å²) >= 11 is 0. The molecule has 2 aromatic carbocycles. The quantitative estimate of drug-likeness (QED) is 0.147. The van der Waals surface area contributed by atoms with E-state index in [1.165, 1.54) is 0 Å². The Morgan fingerprint density at radius 1 is 0.870 bits per heavy atom. The van der Waals surface area contributed by atoms with Crippen molar-refractivity contribution in [2.75, 3.05) is 0 Å². The minimum atomic E-state index is -0.921. The third-order valence-corrected chi connectivity index (χ3v) is 7.96. The molecule has 2 aromatic heterocycles. The number of carbonyl (C=O) groups excluding carboxylic acids is 4. The van der Waals surface area contributed by atoms with Crippen LogP contribution in [-0.4, -0.2) is 61.4 Å². The monoisotopic (exact) mass is 624 g/mol. The van der Waals surface area contributed by atoms with Gasteiger partial charge in [-0.1, -0.05) is 18.2 Å². The van der Waals surface area contributed by atoms with E-state index < -0.39 is 24.0 Å². The molecule has 2 fully saturated rings. The first-order valence-corrected chi connectivity index (χ1v) is 15.2. The molecule has 4 N–H and O–H groups in total. The van der Waals surface area contributed by atoms with E-state index in [1.807, 2.05) is 69.8 Å². The first-order valence-electron chi connectivity index (χ1n) is 15.2. The zero-order chi connectivity index (χ0) is 32.4. The molecular weight excluding hydrogens is 588 g/mol. The topological polar surface area (TPSA) is 165 Å². The lowest BCUT2D eigenvalue weighted by molar-refractivity contribution is -0.129. The molecule has 0 radical (unpaired) electrons. The van der Waals surface area contributed by atoms with Crippen molar-refractivity contribution < 1.29 is 23.9 Å². The number of rotatable bonds is 11. The van der Waals surface area contributed by atoms with Crippen LogP contribution in [0.1, 0.15) is 53.7 Å². The molecule has 13 heteroatoms. The maximum absolute atomic E-state index is 13.5. The number of benzene rings is 2. The SMILES string of the molecule is C[C@@H](NC(=O)c1ccccc1CCC(=O)NNC(=O)[C@H]1O[C@@H]1C(=O)NC1CC1)c1cc(-c2ccn(C)n2)cc(-c2ccn(C)n2)c1. The van der Waals surface area contributed by atoms with Crippen molar-refractivity contribution in [3.63, 3.8) is 0 Å². The van der Waals surface area contributed by atoms with Crippen molar-refractivity contribution in [1.82, 2.24) is 41.0 Å². The molecule has 0 spiro atoms. The van der Waals surface area contributed by atoms with E-state index in [4.69, 9.17) is 4.74 Å². The van der Waals surface area contributed by atoms with E-state index in [9.17, 15) is 19.2 Å². The van der Waals surface area contributed by atoms with Gasteiger partial charge in [0.1, 0.15) is 0 Å². The van der Waals surface area contributed by atoms with Gasteiger partial charge < -0.3 is 15.4 Å². The van der Waals surface area contributed by atoms with Gasteiger partial charge in [0.15, 0.2) is 12.2 Å². The summed E-state index contributed by atoms with van der Waals surface area (Å²) in [6.07, 6.45) is 4.17. The number of carbonyl (C=O) groups is 4. The number of nitrogens with zero attached hydrogens (tertiary/aromatic N) is 4. The predicted molar refractivity (Wildman–Crippen MR) is 168 cm³/mol. The second-order valence-corrected chi connectivity index (χ2v) is 11.7. The summed E-state index contributed by atoms with van der Waals surface area (Å²) in [4.78, 5) is 50.3. The molecule has 1 aliphatic heterocycles. The van der Waals surface area contributed by atoms with Gasteiger partial charge in [0.05, 0.1) is 17.4 Å². The Hall–Kier alpha value is -5.30. The minimum absolute atomic E-state index is 0.0246. The number of hydrogen-bond donors (Lipinski definition) is 4. The van der Waals surface area contributed by atoms with E-state index in [0.29, 0.717) is 11.1 Å². The Kier molecular flexibility index (Phi) is 8.66. The Morgan fingerprint density at radius 2 is 1.50 bits per heavy atom. The van der Waals surface area contributed by atoms with Crippen LogP contribution in [-0.2, 0) is 39.6 Å². The average Bonchev–Trinajstić information content (AvgIpc) is 3.95. The van der Waals surface area contributed by atoms with E-state index in [2.05, 4.69) is 31.7 Å². The molecule has 1 aliphatic carbocycles. The Labute approximate surface area is 265 Å². The van der Waals surface area contributed by atoms with Gasteiger partial charge in [0, 0.05) is 55.6 Å². The molecule has 46 heavy (non-hydrogen) atoms. The second-order valence-electron chi connectivity index (χ2n) is 11.7. The normalized spacial score (nSPS) is 17.5. The number of aryl methyl sites for hydroxylation is 3. The molecule has 1 saturated carbocycles. The maximum Gasteiger partial charge on any atom is 0.270 e. The number of ether oxygens (including phenoxy) is 1. The summed E-state index contributed by atoms with van der Waals surface area (Å²) in [6.45, 7) is 1.92. The van der Waals surface area contributed by atoms with Gasteiger partial charge in [-0.05, 0) is 73.7 Å². The van der Waals surface area contributed by atoms with E-state index in [0.717, 1.165) is 40.9 Å². The van der Waals surface area contributed by atoms with E-state index in [-0.39, 0.29) is 36.7 Å². The highest BCUT2D eigenvalue weighted by Gasteiger charge is 2.51. The molecule has 13 nitrogen and oxygen atoms in total. The van der Waals surface area contributed by atoms with Crippen molar-refractivity contribution in [1.29, 1.82) is 0 Å². The van der Waals surface area contributed by atoms with Crippen LogP contribution < -0.4 is 21.5 Å². The number of aromatic nitrogens is 4. The Balaban J connectivity index is 1.07. The van der Waals surface area contributed by atoms with Crippen molar-refractivity contribution in [3.05, 3.63) is 83.7 Å². The van der Waals surface area contributed by atoms with Crippen molar-refractivity contribution >= 4 is 23.6 Å². The van der Waals surface area contributed by atoms with Gasteiger partial charge in [-0.3, -0.25) is 39.4 Å². The summed E-state index contributed by atoms with van der Waals surface area (Å²) in [6, 6.07) is 16.8. The smallest absolute Gasteiger partial charge is 0.270 e. The first-order chi connectivity index (χ1) is 22.1. The summed E-state index contributed by atoms with van der Waals surface area (Å²) in [7, 11) is 3.73. The number of hydrogen-bond acceptors (Lipinski definition) is 7. The minimum Gasteiger partial charge on any atom is -0.351 e. The van der Waals surface area contributed by atoms with Crippen LogP contribution in [0, 0.1) is 0 Å². The third kappa shape index (κ3) is 7.32. The zero-order valence-corrected chi connectivity index (χ0v) is 25.8. The van der Waals surface area contributed by atoms with E-state index >= 15 is 0 Å². The van der Waals surface area contributed by atoms with Gasteiger partial charge in [0.2, 0.25) is 5.91 Å². The van der Waals surface area contributed by atoms with Crippen molar-refractivity contribution in [2.45, 2.75) is 56.9 Å². The third-order valence-electron chi connectivity index (χ3n) is 7.96. The lowest BCUT2D eigenvalue weighted by Gasteiger charge is -2.18. The number of epoxide rings is 1. The van der Waals surface area contributed by atoms with Crippen LogP contribution in [0.5, 0.6) is 0 Å². The summed E-state index contributed by atoms with van der Waals surface area (Å²) < 4.78 is 8.65. The van der Waals surface area contributed by atoms with Crippen LogP contribution in [0.4, 0.5) is 0 Å². The summed E-state index contributed by atoms with van der Waals surface area (Å²) in [5.74, 6) is -1.62. The zero-order valence-electron chi connectivity index (χ0n) is 25.8. The molecule has 0 unspecified atom stereocenters. The summed E-state index contributed by atoms with van der Waals surface area (Å²) in [5, 5.41) is 15.0. The van der Waals surface area contributed by atoms with Gasteiger partial charge in [-0.25, -0.2) is 0 Å². The van der Waals surface area contributed by atoms with Gasteiger partial charge in [-0.2, -0.15) is 10.2 Å². The Morgan fingerprint density at radius 3 is 2.11 bits per heavy atom. The van der Waals surface area contributed by atoms with Gasteiger partial charge in [-0.15, -0.1) is 0 Å². The second kappa shape index (κ2) is 13.0. The van der Waals surface area contributed by atoms with Crippen LogP contribution in [0.15, 0.2) is 67.0 Å². The van der Waals surface area contributed by atoms with Crippen molar-refractivity contribution in [3.8, 4) is 22.5 Å². The van der Waals surface area contributed by atoms with Crippen molar-refractivity contribution in [2.24, 2.45) is 14.1 Å². The highest BCUT2D eigenvalue weighted by Crippen LogP contribution is 2.30. The lowest BCUT2D eigenvalue weighted by Crippen LogP contribution is -2.45. The standard InChI is InChI=1S/C33H36N8O5/c1-19(21-16-22(26-12-14-40(2)38-26)18-23(17-21)27-13-15-41(3)39-27)34-31(43)25-7-5-4-6-20(25)8-11-28(42)36-37-33(45)30-29(46-30)32(44)35-24-9-10-24/h4-7,12-19,24,29-30H,8-11H2,1-3H3,(H,34,43)(H,35,44)(H,36,42)(H,37,45)/t19-,29+,30+/m1/s1. The molecular formula is C33H36N8O5. The molecule has 1 saturated heterocycles. The molecule has 238 valence electrons. The van der Waals surface area contributed by atoms with Crippen LogP contribution in [0.3, 0.4) is 0 Å². The highest BCUT2D eigenvalue weighted by atomic mass is 16.6. The first kappa shape index (κ1) is 30.7. The molecule has 6 rings (SSSR count). The molecule has 3 atom stereocenters. The number of amides is 4. The fourth-order valence-corrected chi connectivity index (χ4v) is 5.19. The predicted octanol–water partition coefficient (Wildman–Crippen LogP) is 2.10. The average molecular weight is 625 g/mol. The number of hydrazine groups is 1. The van der Waals surface area contributed by atoms with Crippen LogP contribution in [0.2, 0.25) is 0 Å². The van der Waals surface area contributed by atoms with Crippen LogP contribution >= 0.6 is 0 Å². The largest absolute Gasteiger partial charge is 0.351 e. The van der Waals surface area contributed by atoms with E-state index in [1.54, 1.807) is 27.6 Å². The lowest BCUT2D eigenvalue weighted by atomic mass is 9.97. The fourth-order valence-electron chi connectivity index (χ4n) is 5.19. The molecule has 4 amide bonds. The summed E-state index contributed by atoms with van der Waals surface area (Å²) in [5.41, 5.74) is 10.1. The molecule has 3 heterocycles. The molecule has 2 aliphatic rings. The number of nitrogens with one attached hydrogen (secondary N) is 4. The Bertz CT molecular complexity index is 1730. The van der Waals surface area contributed by atoms with Gasteiger partial charge >= 0.3 is 0 Å². The van der Waals surface area contributed by atoms with Gasteiger partial charge in [0.25, 0.3) is 17.7 Å². The molecule has 4 aromatic rings.